The number of halogens is 4. The predicted octanol–water partition coefficient (Wildman–Crippen LogP) is 5.27. The number of hydrogen-bond donors (Lipinski definition) is 2. The molecule has 2 aromatic carbocycles. The molecule has 1 aliphatic rings. The molecule has 2 N–H and O–H groups in total. The van der Waals surface area contributed by atoms with Crippen LogP contribution in [-0.2, 0) is 11.0 Å². The van der Waals surface area contributed by atoms with Crippen molar-refractivity contribution in [3.05, 3.63) is 65.0 Å². The first-order chi connectivity index (χ1) is 17.6. The summed E-state index contributed by atoms with van der Waals surface area (Å²) in [6, 6.07) is 8.59. The van der Waals surface area contributed by atoms with Gasteiger partial charge in [-0.3, -0.25) is 10.4 Å². The molecular formula is C26H29F4N5O2. The van der Waals surface area contributed by atoms with Gasteiger partial charge in [-0.2, -0.15) is 18.3 Å². The zero-order valence-corrected chi connectivity index (χ0v) is 20.6. The lowest BCUT2D eigenvalue weighted by atomic mass is 9.98. The van der Waals surface area contributed by atoms with Crippen LogP contribution in [0.3, 0.4) is 0 Å². The Morgan fingerprint density at radius 3 is 2.41 bits per heavy atom. The third-order valence-electron chi connectivity index (χ3n) is 5.66. The maximum Gasteiger partial charge on any atom is 0.416 e. The number of hydrogen-bond acceptors (Lipinski definition) is 6. The Balaban J connectivity index is 1.94. The maximum atomic E-state index is 14.6. The smallest absolute Gasteiger partial charge is 0.416 e. The molecule has 0 aromatic heterocycles. The number of fused-ring (bicyclic) bond motifs is 1. The number of nitrogens with one attached hydrogen (secondary N) is 1. The summed E-state index contributed by atoms with van der Waals surface area (Å²) in [5, 5.41) is 13.6. The molecule has 37 heavy (non-hydrogen) atoms. The highest BCUT2D eigenvalue weighted by Gasteiger charge is 2.32. The second-order valence-corrected chi connectivity index (χ2v) is 8.50. The largest absolute Gasteiger partial charge is 0.477 e. The Labute approximate surface area is 212 Å². The van der Waals surface area contributed by atoms with Gasteiger partial charge < -0.3 is 10.0 Å². The van der Waals surface area contributed by atoms with E-state index in [4.69, 9.17) is 0 Å². The summed E-state index contributed by atoms with van der Waals surface area (Å²) in [5.41, 5.74) is 1.76. The molecule has 0 unspecified atom stereocenters. The normalized spacial score (nSPS) is 14.1. The summed E-state index contributed by atoms with van der Waals surface area (Å²) in [6.07, 6.45) is -2.56. The van der Waals surface area contributed by atoms with Gasteiger partial charge in [0.05, 0.1) is 23.5 Å². The van der Waals surface area contributed by atoms with Gasteiger partial charge in [0.1, 0.15) is 17.4 Å². The van der Waals surface area contributed by atoms with E-state index in [2.05, 4.69) is 25.4 Å². The topological polar surface area (TPSA) is 89.6 Å². The van der Waals surface area contributed by atoms with Crippen molar-refractivity contribution in [2.45, 2.75) is 39.3 Å². The van der Waals surface area contributed by atoms with Crippen molar-refractivity contribution in [2.24, 2.45) is 15.1 Å². The van der Waals surface area contributed by atoms with Gasteiger partial charge in [-0.05, 0) is 56.3 Å². The third kappa shape index (κ3) is 7.45. The Morgan fingerprint density at radius 2 is 1.78 bits per heavy atom. The van der Waals surface area contributed by atoms with Gasteiger partial charge in [0.25, 0.3) is 0 Å². The number of benzene rings is 2. The first kappa shape index (κ1) is 28.0. The van der Waals surface area contributed by atoms with Gasteiger partial charge in [-0.15, -0.1) is 0 Å². The molecule has 0 atom stereocenters. The van der Waals surface area contributed by atoms with E-state index >= 15 is 0 Å². The quantitative estimate of drug-likeness (QED) is 0.254. The van der Waals surface area contributed by atoms with Crippen LogP contribution in [-0.4, -0.2) is 59.4 Å². The number of rotatable bonds is 10. The van der Waals surface area contributed by atoms with Gasteiger partial charge in [0.2, 0.25) is 0 Å². The Kier molecular flexibility index (Phi) is 9.51. The minimum absolute atomic E-state index is 0.00827. The first-order valence-corrected chi connectivity index (χ1v) is 12.0. The molecule has 0 amide bonds. The Bertz CT molecular complexity index is 1200. The molecule has 11 heteroatoms. The average Bonchev–Trinajstić information content (AvgIpc) is 3.02. The fraction of sp³-hybridized carbons (Fsp3) is 0.385. The minimum Gasteiger partial charge on any atom is -0.477 e. The average molecular weight is 520 g/mol. The molecule has 2 aromatic rings. The van der Waals surface area contributed by atoms with Crippen molar-refractivity contribution in [1.82, 2.24) is 10.3 Å². The number of carbonyl (C=O) groups is 1. The number of alkyl halides is 3. The second-order valence-electron chi connectivity index (χ2n) is 8.50. The van der Waals surface area contributed by atoms with Crippen molar-refractivity contribution in [1.29, 1.82) is 0 Å². The Hall–Kier alpha value is -3.60. The zero-order valence-electron chi connectivity index (χ0n) is 20.6. The summed E-state index contributed by atoms with van der Waals surface area (Å²) in [6.45, 7) is 6.11. The molecule has 7 nitrogen and oxygen atoms in total. The monoisotopic (exact) mass is 519 g/mol. The molecule has 0 aliphatic carbocycles. The first-order valence-electron chi connectivity index (χ1n) is 12.0. The van der Waals surface area contributed by atoms with Crippen LogP contribution in [0.5, 0.6) is 0 Å². The fourth-order valence-corrected chi connectivity index (χ4v) is 3.94. The molecule has 198 valence electrons. The molecular weight excluding hydrogens is 490 g/mol. The number of nitrogens with zero attached hydrogens (tertiary/aromatic N) is 4. The number of hydrazone groups is 1. The molecule has 0 radical (unpaired) electrons. The maximum absolute atomic E-state index is 14.6. The van der Waals surface area contributed by atoms with Gasteiger partial charge in [0, 0.05) is 24.1 Å². The van der Waals surface area contributed by atoms with E-state index in [-0.39, 0.29) is 47.0 Å². The lowest BCUT2D eigenvalue weighted by Crippen LogP contribution is -2.31. The fourth-order valence-electron chi connectivity index (χ4n) is 3.94. The summed E-state index contributed by atoms with van der Waals surface area (Å²) >= 11 is 0. The summed E-state index contributed by atoms with van der Waals surface area (Å²) in [5.74, 6) is -1.72. The highest BCUT2D eigenvalue weighted by atomic mass is 19.4. The SMILES string of the molecule is CCCN(CCC)CC/C(=N/NC1=Nc2ccc(C(F)(F)F)cc2C(c2ccccc2F)=NC1)C(=O)O. The standard InChI is InChI=1S/C26H29F4N5O2/c1-3-12-35(13-4-2)14-11-22(25(36)37)33-34-23-16-31-24(18-7-5-6-8-20(18)27)19-15-17(26(28,29)30)9-10-21(19)32-23/h5-10,15H,3-4,11-14,16H2,1-2H3,(H,32,34)(H,36,37)/b33-22-. The van der Waals surface area contributed by atoms with Crippen LogP contribution in [0.25, 0.3) is 0 Å². The van der Waals surface area contributed by atoms with Crippen molar-refractivity contribution in [2.75, 3.05) is 26.2 Å². The van der Waals surface area contributed by atoms with E-state index in [1.165, 1.54) is 24.3 Å². The molecule has 0 saturated carbocycles. The molecule has 0 bridgehead atoms. The molecule has 0 fully saturated rings. The van der Waals surface area contributed by atoms with E-state index in [0.717, 1.165) is 38.1 Å². The number of aliphatic carboxylic acids is 1. The van der Waals surface area contributed by atoms with Gasteiger partial charge in [0.15, 0.2) is 0 Å². The number of carboxylic acid groups (broad SMARTS) is 1. The van der Waals surface area contributed by atoms with E-state index in [1.807, 2.05) is 13.8 Å². The van der Waals surface area contributed by atoms with Crippen LogP contribution in [0.4, 0.5) is 23.2 Å². The highest BCUT2D eigenvalue weighted by Crippen LogP contribution is 2.34. The van der Waals surface area contributed by atoms with Gasteiger partial charge in [-0.1, -0.05) is 26.0 Å². The number of carboxylic acids is 1. The molecule has 1 heterocycles. The van der Waals surface area contributed by atoms with Crippen LogP contribution >= 0.6 is 0 Å². The molecule has 0 spiro atoms. The summed E-state index contributed by atoms with van der Waals surface area (Å²) < 4.78 is 54.8. The third-order valence-corrected chi connectivity index (χ3v) is 5.66. The van der Waals surface area contributed by atoms with Crippen molar-refractivity contribution in [3.63, 3.8) is 0 Å². The minimum atomic E-state index is -4.61. The van der Waals surface area contributed by atoms with E-state index in [1.54, 1.807) is 6.07 Å². The zero-order chi connectivity index (χ0) is 27.0. The van der Waals surface area contributed by atoms with Crippen LogP contribution in [0.1, 0.15) is 49.8 Å². The molecule has 3 rings (SSSR count). The van der Waals surface area contributed by atoms with E-state index < -0.39 is 23.5 Å². The number of aliphatic imine (C=N–C) groups is 2. The second kappa shape index (κ2) is 12.6. The van der Waals surface area contributed by atoms with Gasteiger partial charge >= 0.3 is 12.1 Å². The van der Waals surface area contributed by atoms with Crippen LogP contribution < -0.4 is 5.43 Å². The van der Waals surface area contributed by atoms with E-state index in [0.29, 0.717) is 6.54 Å². The van der Waals surface area contributed by atoms with Crippen molar-refractivity contribution < 1.29 is 27.5 Å². The van der Waals surface area contributed by atoms with E-state index in [9.17, 15) is 27.5 Å². The lowest BCUT2D eigenvalue weighted by molar-refractivity contribution is -0.137. The van der Waals surface area contributed by atoms with Crippen LogP contribution in [0.15, 0.2) is 57.6 Å². The Morgan fingerprint density at radius 1 is 1.08 bits per heavy atom. The predicted molar refractivity (Wildman–Crippen MR) is 135 cm³/mol. The summed E-state index contributed by atoms with van der Waals surface area (Å²) in [7, 11) is 0. The van der Waals surface area contributed by atoms with Gasteiger partial charge in [-0.25, -0.2) is 14.2 Å². The van der Waals surface area contributed by atoms with Crippen LogP contribution in [0, 0.1) is 5.82 Å². The van der Waals surface area contributed by atoms with Crippen molar-refractivity contribution >= 4 is 28.9 Å². The molecule has 0 saturated heterocycles. The number of amidine groups is 1. The van der Waals surface area contributed by atoms with Crippen molar-refractivity contribution in [3.8, 4) is 0 Å². The molecule has 1 aliphatic heterocycles. The lowest BCUT2D eigenvalue weighted by Gasteiger charge is -2.20. The summed E-state index contributed by atoms with van der Waals surface area (Å²) in [4.78, 5) is 22.6. The highest BCUT2D eigenvalue weighted by molar-refractivity contribution is 6.35. The van der Waals surface area contributed by atoms with Crippen LogP contribution in [0.2, 0.25) is 0 Å².